The Balaban J connectivity index is 1.46. The van der Waals surface area contributed by atoms with Crippen LogP contribution in [0.4, 0.5) is 4.79 Å². The number of benzene rings is 1. The van der Waals surface area contributed by atoms with Crippen LogP contribution in [0.1, 0.15) is 31.4 Å². The molecule has 2 heterocycles. The number of carbonyl (C=O) groups is 3. The number of nitrogens with one attached hydrogen (secondary N) is 2. The van der Waals surface area contributed by atoms with Crippen molar-refractivity contribution in [2.75, 3.05) is 6.61 Å². The Hall–Kier alpha value is -4.28. The van der Waals surface area contributed by atoms with Gasteiger partial charge in [-0.2, -0.15) is 4.68 Å². The van der Waals surface area contributed by atoms with Crippen LogP contribution in [0.15, 0.2) is 53.1 Å². The number of aromatic nitrogens is 4. The first-order chi connectivity index (χ1) is 16.1. The van der Waals surface area contributed by atoms with Crippen LogP contribution < -0.4 is 10.6 Å². The van der Waals surface area contributed by atoms with E-state index >= 15 is 0 Å². The largest absolute Gasteiger partial charge is 0.465 e. The molecule has 0 radical (unpaired) electrons. The zero-order valence-corrected chi connectivity index (χ0v) is 17.6. The van der Waals surface area contributed by atoms with E-state index in [1.54, 1.807) is 24.3 Å². The third-order valence-corrected chi connectivity index (χ3v) is 5.04. The van der Waals surface area contributed by atoms with E-state index in [0.717, 1.165) is 25.7 Å². The molecule has 0 aliphatic heterocycles. The first-order valence-electron chi connectivity index (χ1n) is 10.5. The molecule has 1 fully saturated rings. The monoisotopic (exact) mass is 450 g/mol. The van der Waals surface area contributed by atoms with E-state index < -0.39 is 24.5 Å². The van der Waals surface area contributed by atoms with Crippen LogP contribution in [0.5, 0.6) is 0 Å². The number of amides is 3. The van der Waals surface area contributed by atoms with E-state index in [9.17, 15) is 14.4 Å². The second kappa shape index (κ2) is 10.4. The number of esters is 1. The van der Waals surface area contributed by atoms with E-state index in [4.69, 9.17) is 9.15 Å². The highest BCUT2D eigenvalue weighted by Crippen LogP contribution is 2.21. The molecule has 0 atom stereocenters. The Morgan fingerprint density at radius 3 is 2.64 bits per heavy atom. The van der Waals surface area contributed by atoms with Crippen LogP contribution in [-0.4, -0.2) is 50.8 Å². The van der Waals surface area contributed by atoms with Crippen LogP contribution in [-0.2, 0) is 14.3 Å². The van der Waals surface area contributed by atoms with E-state index in [-0.39, 0.29) is 11.7 Å². The minimum Gasteiger partial charge on any atom is -0.465 e. The second-order valence-corrected chi connectivity index (χ2v) is 7.40. The van der Waals surface area contributed by atoms with Crippen molar-refractivity contribution in [1.29, 1.82) is 0 Å². The topological polar surface area (TPSA) is 141 Å². The van der Waals surface area contributed by atoms with E-state index in [1.165, 1.54) is 17.0 Å². The molecule has 1 aromatic carbocycles. The molecule has 4 rings (SSSR count). The van der Waals surface area contributed by atoms with Gasteiger partial charge in [-0.15, -0.1) is 5.10 Å². The predicted octanol–water partition coefficient (Wildman–Crippen LogP) is 2.24. The molecule has 1 aliphatic rings. The summed E-state index contributed by atoms with van der Waals surface area (Å²) in [7, 11) is 0. The predicted molar refractivity (Wildman–Crippen MR) is 116 cm³/mol. The van der Waals surface area contributed by atoms with Crippen LogP contribution in [0.3, 0.4) is 0 Å². The van der Waals surface area contributed by atoms with Crippen molar-refractivity contribution in [1.82, 2.24) is 30.8 Å². The van der Waals surface area contributed by atoms with Gasteiger partial charge < -0.3 is 14.5 Å². The number of hydrogen-bond acceptors (Lipinski definition) is 8. The van der Waals surface area contributed by atoms with Gasteiger partial charge in [-0.25, -0.2) is 9.59 Å². The van der Waals surface area contributed by atoms with Crippen LogP contribution in [0, 0.1) is 0 Å². The average Bonchev–Trinajstić information content (AvgIpc) is 3.59. The normalized spacial score (nSPS) is 14.1. The van der Waals surface area contributed by atoms with Gasteiger partial charge in [-0.1, -0.05) is 43.2 Å². The number of ether oxygens (including phenoxy) is 1. The van der Waals surface area contributed by atoms with Crippen molar-refractivity contribution in [2.24, 2.45) is 0 Å². The zero-order valence-electron chi connectivity index (χ0n) is 17.6. The Kier molecular flexibility index (Phi) is 6.88. The van der Waals surface area contributed by atoms with Gasteiger partial charge in [0.1, 0.15) is 5.76 Å². The molecule has 3 amide bonds. The van der Waals surface area contributed by atoms with Gasteiger partial charge in [0.05, 0.1) is 6.26 Å². The third-order valence-electron chi connectivity index (χ3n) is 5.04. The first-order valence-corrected chi connectivity index (χ1v) is 10.5. The number of furan rings is 1. The number of nitrogens with zero attached hydrogens (tertiary/aromatic N) is 4. The fourth-order valence-corrected chi connectivity index (χ4v) is 3.49. The fourth-order valence-electron chi connectivity index (χ4n) is 3.49. The summed E-state index contributed by atoms with van der Waals surface area (Å²) >= 11 is 0. The molecule has 11 nitrogen and oxygen atoms in total. The minimum absolute atomic E-state index is 0.0550. The zero-order chi connectivity index (χ0) is 23.0. The standard InChI is InChI=1S/C22H22N6O5/c29-19(24-22(31)23-16-9-4-5-10-16)14-33-21(30)18(13-17-11-6-12-32-17)28-20(25-26-27-28)15-7-2-1-3-8-15/h1-3,6-8,11-13,16H,4-5,9-10,14H2,(H2,23,24,29,31). The molecule has 3 aromatic rings. The number of hydrogen-bond donors (Lipinski definition) is 2. The summed E-state index contributed by atoms with van der Waals surface area (Å²) in [5.74, 6) is -0.971. The smallest absolute Gasteiger partial charge is 0.357 e. The summed E-state index contributed by atoms with van der Waals surface area (Å²) in [5.41, 5.74) is 0.596. The van der Waals surface area contributed by atoms with Crippen LogP contribution >= 0.6 is 0 Å². The fraction of sp³-hybridized carbons (Fsp3) is 0.273. The Morgan fingerprint density at radius 1 is 1.12 bits per heavy atom. The van der Waals surface area contributed by atoms with Crippen molar-refractivity contribution in [3.63, 3.8) is 0 Å². The number of imide groups is 1. The molecule has 33 heavy (non-hydrogen) atoms. The SMILES string of the molecule is O=C(COC(=O)C(=Cc1ccco1)n1nnnc1-c1ccccc1)NC(=O)NC1CCCC1. The first kappa shape index (κ1) is 21.9. The molecule has 0 unspecified atom stereocenters. The highest BCUT2D eigenvalue weighted by molar-refractivity contribution is 6.16. The summed E-state index contributed by atoms with van der Waals surface area (Å²) in [5, 5.41) is 16.5. The molecule has 0 spiro atoms. The lowest BCUT2D eigenvalue weighted by Crippen LogP contribution is -2.45. The summed E-state index contributed by atoms with van der Waals surface area (Å²) in [6.45, 7) is -0.658. The van der Waals surface area contributed by atoms with Crippen LogP contribution in [0.25, 0.3) is 23.2 Å². The van der Waals surface area contributed by atoms with Gasteiger partial charge >= 0.3 is 12.0 Å². The summed E-state index contributed by atoms with van der Waals surface area (Å²) in [4.78, 5) is 37.0. The van der Waals surface area contributed by atoms with Gasteiger partial charge in [0.2, 0.25) is 0 Å². The lowest BCUT2D eigenvalue weighted by Gasteiger charge is -2.13. The molecule has 0 saturated heterocycles. The van der Waals surface area contributed by atoms with Crippen molar-refractivity contribution < 1.29 is 23.5 Å². The number of urea groups is 1. The summed E-state index contributed by atoms with van der Waals surface area (Å²) in [6, 6.07) is 11.8. The maximum absolute atomic E-state index is 12.9. The number of tetrazole rings is 1. The summed E-state index contributed by atoms with van der Waals surface area (Å²) in [6.07, 6.45) is 6.70. The number of rotatable bonds is 7. The average molecular weight is 450 g/mol. The van der Waals surface area contributed by atoms with E-state index in [2.05, 4.69) is 26.2 Å². The Bertz CT molecular complexity index is 1130. The van der Waals surface area contributed by atoms with E-state index in [0.29, 0.717) is 17.1 Å². The third kappa shape index (κ3) is 5.70. The lowest BCUT2D eigenvalue weighted by molar-refractivity contribution is -0.142. The van der Waals surface area contributed by atoms with Crippen molar-refractivity contribution in [3.05, 3.63) is 54.5 Å². The van der Waals surface area contributed by atoms with Crippen molar-refractivity contribution >= 4 is 29.7 Å². The van der Waals surface area contributed by atoms with Crippen molar-refractivity contribution in [2.45, 2.75) is 31.7 Å². The van der Waals surface area contributed by atoms with Gasteiger partial charge in [-0.3, -0.25) is 10.1 Å². The molecule has 1 saturated carbocycles. The minimum atomic E-state index is -0.873. The Labute approximate surface area is 188 Å². The molecule has 170 valence electrons. The highest BCUT2D eigenvalue weighted by Gasteiger charge is 2.23. The molecule has 0 bridgehead atoms. The maximum Gasteiger partial charge on any atom is 0.357 e. The molecular weight excluding hydrogens is 428 g/mol. The van der Waals surface area contributed by atoms with Gasteiger partial charge in [-0.05, 0) is 35.4 Å². The van der Waals surface area contributed by atoms with Gasteiger partial charge in [0.25, 0.3) is 5.91 Å². The molecule has 2 aromatic heterocycles. The van der Waals surface area contributed by atoms with Crippen molar-refractivity contribution in [3.8, 4) is 11.4 Å². The summed E-state index contributed by atoms with van der Waals surface area (Å²) < 4.78 is 11.6. The van der Waals surface area contributed by atoms with Gasteiger partial charge in [0, 0.05) is 17.7 Å². The molecular formula is C22H22N6O5. The maximum atomic E-state index is 12.9. The number of carbonyl (C=O) groups excluding carboxylic acids is 3. The molecule has 2 N–H and O–H groups in total. The van der Waals surface area contributed by atoms with E-state index in [1.807, 2.05) is 18.2 Å². The molecule has 11 heteroatoms. The van der Waals surface area contributed by atoms with Crippen LogP contribution in [0.2, 0.25) is 0 Å². The quantitative estimate of drug-likeness (QED) is 0.412. The second-order valence-electron chi connectivity index (χ2n) is 7.40. The molecule has 1 aliphatic carbocycles. The lowest BCUT2D eigenvalue weighted by atomic mass is 10.2. The Morgan fingerprint density at radius 2 is 1.91 bits per heavy atom. The highest BCUT2D eigenvalue weighted by atomic mass is 16.5. The van der Waals surface area contributed by atoms with Gasteiger partial charge in [0.15, 0.2) is 18.1 Å².